The number of carbonyl (C=O) groups is 2. The van der Waals surface area contributed by atoms with E-state index in [4.69, 9.17) is 0 Å². The molecule has 3 rings (SSSR count). The minimum Gasteiger partial charge on any atom is -0.320 e. The van der Waals surface area contributed by atoms with Crippen molar-refractivity contribution >= 4 is 40.2 Å². The minimum absolute atomic E-state index is 0.00666. The summed E-state index contributed by atoms with van der Waals surface area (Å²) in [6.07, 6.45) is 5.59. The number of amides is 2. The van der Waals surface area contributed by atoms with E-state index in [1.807, 2.05) is 48.7 Å². The molecule has 152 valence electrons. The summed E-state index contributed by atoms with van der Waals surface area (Å²) in [5, 5.41) is 4.90. The average Bonchev–Trinajstić information content (AvgIpc) is 3.08. The molecule has 1 aliphatic heterocycles. The Morgan fingerprint density at radius 2 is 1.93 bits per heavy atom. The largest absolute Gasteiger partial charge is 0.320 e. The number of carbonyl (C=O) groups excluding carboxylic acids is 2. The minimum atomic E-state index is -0.149. The maximum atomic E-state index is 13.3. The van der Waals surface area contributed by atoms with Gasteiger partial charge < -0.3 is 5.32 Å². The van der Waals surface area contributed by atoms with E-state index < -0.39 is 0 Å². The zero-order chi connectivity index (χ0) is 20.8. The average molecular weight is 410 g/mol. The lowest BCUT2D eigenvalue weighted by Gasteiger charge is -2.24. The number of rotatable bonds is 9. The smallest absolute Gasteiger partial charge is 0.258 e. The maximum absolute atomic E-state index is 13.3. The van der Waals surface area contributed by atoms with Crippen LogP contribution in [-0.4, -0.2) is 36.3 Å². The lowest BCUT2D eigenvalue weighted by atomic mass is 10.1. The number of benzene rings is 1. The van der Waals surface area contributed by atoms with Crippen LogP contribution in [0.2, 0.25) is 0 Å². The van der Waals surface area contributed by atoms with Crippen molar-refractivity contribution in [1.29, 1.82) is 0 Å². The number of para-hydroxylation sites is 2. The molecule has 0 unspecified atom stereocenters. The second-order valence-corrected chi connectivity index (χ2v) is 7.88. The fourth-order valence-electron chi connectivity index (χ4n) is 3.60. The van der Waals surface area contributed by atoms with Crippen LogP contribution in [0.5, 0.6) is 0 Å². The maximum Gasteiger partial charge on any atom is 0.258 e. The number of hydrogen-bond acceptors (Lipinski definition) is 4. The molecule has 0 aliphatic carbocycles. The summed E-state index contributed by atoms with van der Waals surface area (Å²) >= 11 is 1.53. The van der Waals surface area contributed by atoms with Crippen molar-refractivity contribution in [2.24, 2.45) is 0 Å². The number of anilines is 3. The Labute approximate surface area is 176 Å². The van der Waals surface area contributed by atoms with Crippen LogP contribution in [0.25, 0.3) is 0 Å². The van der Waals surface area contributed by atoms with Gasteiger partial charge in [0.2, 0.25) is 5.91 Å². The number of thiophene rings is 1. The van der Waals surface area contributed by atoms with Crippen molar-refractivity contribution in [2.75, 3.05) is 29.9 Å². The van der Waals surface area contributed by atoms with Crippen LogP contribution in [0, 0.1) is 0 Å². The molecule has 0 saturated carbocycles. The van der Waals surface area contributed by atoms with Crippen molar-refractivity contribution in [1.82, 2.24) is 4.90 Å². The van der Waals surface area contributed by atoms with Crippen molar-refractivity contribution in [3.8, 4) is 0 Å². The normalized spacial score (nSPS) is 12.8. The van der Waals surface area contributed by atoms with Crippen molar-refractivity contribution in [3.05, 3.63) is 65.4 Å². The summed E-state index contributed by atoms with van der Waals surface area (Å²) in [4.78, 5) is 31.1. The van der Waals surface area contributed by atoms with Gasteiger partial charge in [-0.1, -0.05) is 31.2 Å². The Morgan fingerprint density at radius 3 is 2.62 bits per heavy atom. The second-order valence-electron chi connectivity index (χ2n) is 6.91. The van der Waals surface area contributed by atoms with E-state index in [9.17, 15) is 9.59 Å². The molecule has 1 N–H and O–H groups in total. The summed E-state index contributed by atoms with van der Waals surface area (Å²) in [6, 6.07) is 7.47. The highest BCUT2D eigenvalue weighted by atomic mass is 32.1. The van der Waals surface area contributed by atoms with Crippen LogP contribution in [0.3, 0.4) is 0 Å². The molecule has 1 aromatic heterocycles. The fraction of sp³-hybridized carbons (Fsp3) is 0.304. The van der Waals surface area contributed by atoms with Gasteiger partial charge in [0.1, 0.15) is 0 Å². The van der Waals surface area contributed by atoms with Crippen LogP contribution in [0.15, 0.2) is 55.0 Å². The molecule has 0 saturated heterocycles. The number of nitrogens with one attached hydrogen (secondary N) is 1. The standard InChI is InChI=1S/C23H27N3O2S/c1-4-13-25(14-5-2)15-9-12-21(27)26-18-11-8-7-10-17(18)24-23(28)22-19(26)16-29-20(22)6-3/h4-5,7-8,10-11,16H,1-2,6,9,12-15H2,3H3,(H,24,28). The zero-order valence-electron chi connectivity index (χ0n) is 16.8. The highest BCUT2D eigenvalue weighted by molar-refractivity contribution is 7.11. The van der Waals surface area contributed by atoms with Gasteiger partial charge in [-0.25, -0.2) is 0 Å². The molecule has 0 fully saturated rings. The summed E-state index contributed by atoms with van der Waals surface area (Å²) in [5.74, 6) is -0.156. The van der Waals surface area contributed by atoms with E-state index in [0.717, 1.165) is 43.0 Å². The topological polar surface area (TPSA) is 52.7 Å². The Kier molecular flexibility index (Phi) is 7.01. The van der Waals surface area contributed by atoms with Gasteiger partial charge in [-0.15, -0.1) is 24.5 Å². The summed E-state index contributed by atoms with van der Waals surface area (Å²) in [5.41, 5.74) is 2.68. The van der Waals surface area contributed by atoms with E-state index in [-0.39, 0.29) is 11.8 Å². The van der Waals surface area contributed by atoms with Gasteiger partial charge in [0, 0.05) is 29.8 Å². The first-order chi connectivity index (χ1) is 14.1. The summed E-state index contributed by atoms with van der Waals surface area (Å²) in [7, 11) is 0. The number of nitrogens with zero attached hydrogens (tertiary/aromatic N) is 2. The first-order valence-electron chi connectivity index (χ1n) is 9.88. The second kappa shape index (κ2) is 9.67. The predicted molar refractivity (Wildman–Crippen MR) is 121 cm³/mol. The molecule has 0 spiro atoms. The molecule has 1 aromatic carbocycles. The molecule has 0 bridgehead atoms. The molecule has 29 heavy (non-hydrogen) atoms. The lowest BCUT2D eigenvalue weighted by molar-refractivity contribution is -0.118. The summed E-state index contributed by atoms with van der Waals surface area (Å²) in [6.45, 7) is 11.9. The van der Waals surface area contributed by atoms with Gasteiger partial charge in [-0.3, -0.25) is 19.4 Å². The van der Waals surface area contributed by atoms with Gasteiger partial charge >= 0.3 is 0 Å². The van der Waals surface area contributed by atoms with E-state index in [1.165, 1.54) is 11.3 Å². The Bertz CT molecular complexity index is 909. The van der Waals surface area contributed by atoms with Crippen LogP contribution in [0.1, 0.15) is 35.0 Å². The highest BCUT2D eigenvalue weighted by Gasteiger charge is 2.31. The SMILES string of the molecule is C=CCN(CC=C)CCCC(=O)N1c2ccccc2NC(=O)c2c1csc2CC. The predicted octanol–water partition coefficient (Wildman–Crippen LogP) is 5.00. The third kappa shape index (κ3) is 4.49. The quantitative estimate of drug-likeness (QED) is 0.593. The third-order valence-electron chi connectivity index (χ3n) is 4.92. The first-order valence-corrected chi connectivity index (χ1v) is 10.8. The van der Waals surface area contributed by atoms with Crippen molar-refractivity contribution in [2.45, 2.75) is 26.2 Å². The van der Waals surface area contributed by atoms with Gasteiger partial charge in [-0.05, 0) is 31.5 Å². The molecule has 2 heterocycles. The first kappa shape index (κ1) is 21.0. The van der Waals surface area contributed by atoms with Crippen molar-refractivity contribution in [3.63, 3.8) is 0 Å². The van der Waals surface area contributed by atoms with E-state index in [0.29, 0.717) is 23.4 Å². The molecule has 2 aromatic rings. The molecule has 1 aliphatic rings. The molecular weight excluding hydrogens is 382 g/mol. The Balaban J connectivity index is 1.87. The van der Waals surface area contributed by atoms with Gasteiger partial charge in [0.25, 0.3) is 5.91 Å². The van der Waals surface area contributed by atoms with Crippen LogP contribution in [-0.2, 0) is 11.2 Å². The number of hydrogen-bond donors (Lipinski definition) is 1. The molecule has 5 nitrogen and oxygen atoms in total. The number of fused-ring (bicyclic) bond motifs is 2. The van der Waals surface area contributed by atoms with E-state index in [1.54, 1.807) is 4.90 Å². The summed E-state index contributed by atoms with van der Waals surface area (Å²) < 4.78 is 0. The zero-order valence-corrected chi connectivity index (χ0v) is 17.6. The van der Waals surface area contributed by atoms with E-state index >= 15 is 0 Å². The molecule has 0 radical (unpaired) electrons. The molecule has 6 heteroatoms. The van der Waals surface area contributed by atoms with Crippen LogP contribution >= 0.6 is 11.3 Å². The van der Waals surface area contributed by atoms with Crippen LogP contribution < -0.4 is 10.2 Å². The Morgan fingerprint density at radius 1 is 1.21 bits per heavy atom. The van der Waals surface area contributed by atoms with Gasteiger partial charge in [0.05, 0.1) is 22.6 Å². The molecular formula is C23H27N3O2S. The van der Waals surface area contributed by atoms with Crippen molar-refractivity contribution < 1.29 is 9.59 Å². The monoisotopic (exact) mass is 409 g/mol. The number of aryl methyl sites for hydroxylation is 1. The van der Waals surface area contributed by atoms with Crippen LogP contribution in [0.4, 0.5) is 17.1 Å². The Hall–Kier alpha value is -2.70. The van der Waals surface area contributed by atoms with E-state index in [2.05, 4.69) is 23.4 Å². The highest BCUT2D eigenvalue weighted by Crippen LogP contribution is 2.42. The van der Waals surface area contributed by atoms with Gasteiger partial charge in [-0.2, -0.15) is 0 Å². The molecule has 2 amide bonds. The van der Waals surface area contributed by atoms with Gasteiger partial charge in [0.15, 0.2) is 0 Å². The lowest BCUT2D eigenvalue weighted by Crippen LogP contribution is -2.29. The third-order valence-corrected chi connectivity index (χ3v) is 6.04. The molecule has 0 atom stereocenters. The fourth-order valence-corrected chi connectivity index (χ4v) is 4.56.